The van der Waals surface area contributed by atoms with Crippen LogP contribution in [0.4, 0.5) is 0 Å². The fraction of sp³-hybridized carbons (Fsp3) is 0.375. The molecule has 0 aliphatic rings. The van der Waals surface area contributed by atoms with Crippen LogP contribution in [0.3, 0.4) is 0 Å². The predicted octanol–water partition coefficient (Wildman–Crippen LogP) is 15.6. The zero-order chi connectivity index (χ0) is 38.6. The average Bonchev–Trinajstić information content (AvgIpc) is 3.67. The van der Waals surface area contributed by atoms with Gasteiger partial charge in [0.2, 0.25) is 0 Å². The van der Waals surface area contributed by atoms with Crippen LogP contribution < -0.4 is 0 Å². The van der Waals surface area contributed by atoms with E-state index in [1.165, 1.54) is 66.1 Å². The fourth-order valence-electron chi connectivity index (χ4n) is 6.99. The van der Waals surface area contributed by atoms with Gasteiger partial charge in [-0.05, 0) is 57.8 Å². The number of benzene rings is 4. The van der Waals surface area contributed by atoms with Gasteiger partial charge >= 0.3 is 37.9 Å². The molecule has 2 radical (unpaired) electrons. The predicted molar refractivity (Wildman–Crippen MR) is 234 cm³/mol. The van der Waals surface area contributed by atoms with Gasteiger partial charge in [0.15, 0.2) is 0 Å². The summed E-state index contributed by atoms with van der Waals surface area (Å²) >= 11 is -0.826. The zero-order valence-corrected chi connectivity index (χ0v) is 38.7. The molecule has 0 N–H and O–H groups in total. The van der Waals surface area contributed by atoms with Gasteiger partial charge in [-0.1, -0.05) is 154 Å². The van der Waals surface area contributed by atoms with Crippen LogP contribution in [0.5, 0.6) is 0 Å². The van der Waals surface area contributed by atoms with Crippen LogP contribution in [-0.2, 0) is 44.5 Å². The molecule has 0 unspecified atom stereocenters. The molecule has 0 amide bonds. The number of hydrogen-bond acceptors (Lipinski definition) is 0. The molecular formula is C48H60Cl2SiZr. The van der Waals surface area contributed by atoms with Crippen LogP contribution in [-0.4, -0.2) is 9.52 Å². The SMILES string of the molecule is CC(C)Cc1cc2c(-c3ccccc3C(C)(C)C)cccc2[cH-]1.CC(C)Cc1cc2c(-c3ccccc3C(C)(C)C)cccc2[cH-]1.C[Si]C.[Cl][Zr+2][Cl]. The molecule has 0 fully saturated rings. The van der Waals surface area contributed by atoms with Crippen LogP contribution in [0, 0.1) is 11.8 Å². The second-order valence-corrected chi connectivity index (χ2v) is 21.4. The first-order valence-electron chi connectivity index (χ1n) is 18.7. The van der Waals surface area contributed by atoms with E-state index in [1.54, 1.807) is 0 Å². The molecule has 0 aliphatic carbocycles. The van der Waals surface area contributed by atoms with E-state index in [9.17, 15) is 0 Å². The molecule has 0 bridgehead atoms. The summed E-state index contributed by atoms with van der Waals surface area (Å²) in [6.45, 7) is 27.2. The number of hydrogen-bond donors (Lipinski definition) is 0. The summed E-state index contributed by atoms with van der Waals surface area (Å²) in [4.78, 5) is 0. The Kier molecular flexibility index (Phi) is 17.4. The Morgan fingerprint density at radius 2 is 0.846 bits per heavy atom. The van der Waals surface area contributed by atoms with Crippen molar-refractivity contribution < 1.29 is 20.8 Å². The first kappa shape index (κ1) is 44.2. The van der Waals surface area contributed by atoms with E-state index in [-0.39, 0.29) is 10.8 Å². The van der Waals surface area contributed by atoms with Crippen LogP contribution in [0.25, 0.3) is 43.8 Å². The maximum absolute atomic E-state index is 4.93. The van der Waals surface area contributed by atoms with E-state index >= 15 is 0 Å². The Hall–Kier alpha value is -2.22. The first-order chi connectivity index (χ1) is 24.5. The average molecular weight is 827 g/mol. The third-order valence-corrected chi connectivity index (χ3v) is 8.96. The Morgan fingerprint density at radius 1 is 0.538 bits per heavy atom. The molecule has 0 heterocycles. The number of halogens is 2. The molecule has 52 heavy (non-hydrogen) atoms. The second-order valence-electron chi connectivity index (χ2n) is 16.7. The van der Waals surface area contributed by atoms with Crippen molar-refractivity contribution in [2.24, 2.45) is 11.8 Å². The van der Waals surface area contributed by atoms with Crippen molar-refractivity contribution in [3.63, 3.8) is 0 Å². The normalized spacial score (nSPS) is 11.4. The minimum absolute atomic E-state index is 0.145. The van der Waals surface area contributed by atoms with Crippen molar-refractivity contribution in [2.75, 3.05) is 0 Å². The van der Waals surface area contributed by atoms with Crippen molar-refractivity contribution >= 4 is 48.1 Å². The summed E-state index contributed by atoms with van der Waals surface area (Å²) in [5.74, 6) is 1.38. The molecule has 0 nitrogen and oxygen atoms in total. The standard InChI is InChI=1S/2C23H27.C2H6Si.2ClH.Zr/c2*1-16(2)13-17-14-18-9-8-11-19(21(18)15-17)20-10-6-7-12-22(20)23(3,4)5;1-3-2;;;/h2*6-12,14-16H,13H2,1-5H3;1-2H3;2*1H;/q2*-1;;;;+4/p-2. The molecular weight excluding hydrogens is 767 g/mol. The van der Waals surface area contributed by atoms with Crippen molar-refractivity contribution in [1.29, 1.82) is 0 Å². The van der Waals surface area contributed by atoms with E-state index in [2.05, 4.69) is 192 Å². The van der Waals surface area contributed by atoms with Gasteiger partial charge in [0.1, 0.15) is 0 Å². The van der Waals surface area contributed by atoms with Gasteiger partial charge in [-0.2, -0.15) is 12.1 Å². The van der Waals surface area contributed by atoms with Crippen molar-refractivity contribution in [3.8, 4) is 22.3 Å². The molecule has 0 atom stereocenters. The molecule has 0 aromatic heterocycles. The maximum atomic E-state index is 4.93. The van der Waals surface area contributed by atoms with E-state index in [0.717, 1.165) is 22.4 Å². The second kappa shape index (κ2) is 20.5. The minimum atomic E-state index is -0.826. The van der Waals surface area contributed by atoms with Crippen molar-refractivity contribution in [1.82, 2.24) is 0 Å². The van der Waals surface area contributed by atoms with Gasteiger partial charge < -0.3 is 0 Å². The molecule has 6 rings (SSSR count). The molecule has 6 aromatic carbocycles. The molecule has 0 saturated carbocycles. The van der Waals surface area contributed by atoms with Crippen molar-refractivity contribution in [2.45, 2.75) is 106 Å². The van der Waals surface area contributed by atoms with E-state index in [1.807, 2.05) is 0 Å². The Bertz CT molecular complexity index is 1820. The van der Waals surface area contributed by atoms with Gasteiger partial charge in [-0.25, -0.2) is 0 Å². The quantitative estimate of drug-likeness (QED) is 0.116. The monoisotopic (exact) mass is 824 g/mol. The van der Waals surface area contributed by atoms with Crippen LogP contribution in [0.2, 0.25) is 13.1 Å². The van der Waals surface area contributed by atoms with Crippen LogP contribution >= 0.6 is 17.0 Å². The van der Waals surface area contributed by atoms with Crippen LogP contribution in [0.1, 0.15) is 91.5 Å². The molecule has 0 spiro atoms. The first-order valence-corrected chi connectivity index (χ1v) is 27.0. The summed E-state index contributed by atoms with van der Waals surface area (Å²) in [6.07, 6.45) is 2.30. The summed E-state index contributed by atoms with van der Waals surface area (Å²) in [7, 11) is 11.0. The Labute approximate surface area is 338 Å². The molecule has 0 saturated heterocycles. The van der Waals surface area contributed by atoms with Gasteiger partial charge in [-0.3, -0.25) is 0 Å². The fourth-order valence-corrected chi connectivity index (χ4v) is 6.99. The Morgan fingerprint density at radius 3 is 1.15 bits per heavy atom. The number of rotatable bonds is 6. The van der Waals surface area contributed by atoms with Gasteiger partial charge in [0, 0.05) is 9.52 Å². The summed E-state index contributed by atoms with van der Waals surface area (Å²) in [6, 6.07) is 40.6. The topological polar surface area (TPSA) is 0 Å². The molecule has 6 aromatic rings. The van der Waals surface area contributed by atoms with Crippen molar-refractivity contribution in [3.05, 3.63) is 131 Å². The van der Waals surface area contributed by atoms with E-state index in [4.69, 9.17) is 17.0 Å². The van der Waals surface area contributed by atoms with Crippen LogP contribution in [0.15, 0.2) is 109 Å². The third kappa shape index (κ3) is 12.4. The Balaban J connectivity index is 0.000000244. The zero-order valence-electron chi connectivity index (χ0n) is 33.7. The van der Waals surface area contributed by atoms with Gasteiger partial charge in [0.25, 0.3) is 0 Å². The summed E-state index contributed by atoms with van der Waals surface area (Å²) in [5.41, 5.74) is 11.5. The number of fused-ring (bicyclic) bond motifs is 2. The summed E-state index contributed by atoms with van der Waals surface area (Å²) < 4.78 is 0. The van der Waals surface area contributed by atoms with Gasteiger partial charge in [0.05, 0.1) is 0 Å². The van der Waals surface area contributed by atoms with E-state index in [0.29, 0.717) is 11.8 Å². The summed E-state index contributed by atoms with van der Waals surface area (Å²) in [5, 5.41) is 5.50. The molecule has 274 valence electrons. The third-order valence-electron chi connectivity index (χ3n) is 8.96. The molecule has 4 heteroatoms. The van der Waals surface area contributed by atoms with E-state index < -0.39 is 20.8 Å². The van der Waals surface area contributed by atoms with Gasteiger partial charge in [-0.15, -0.1) is 69.1 Å². The molecule has 0 aliphatic heterocycles.